The monoisotopic (exact) mass is 268 g/mol. The van der Waals surface area contributed by atoms with Crippen molar-refractivity contribution in [1.82, 2.24) is 5.48 Å². The SMILES string of the molecule is Cc1cc(Br)ccc1CC1=NCCON1. The van der Waals surface area contributed by atoms with Gasteiger partial charge in [-0.05, 0) is 30.2 Å². The number of amidine groups is 1. The fourth-order valence-corrected chi connectivity index (χ4v) is 2.00. The molecule has 0 bridgehead atoms. The lowest BCUT2D eigenvalue weighted by Crippen LogP contribution is -2.31. The van der Waals surface area contributed by atoms with E-state index in [2.05, 4.69) is 45.5 Å². The molecule has 0 fully saturated rings. The number of rotatable bonds is 2. The van der Waals surface area contributed by atoms with Gasteiger partial charge in [-0.3, -0.25) is 15.3 Å². The summed E-state index contributed by atoms with van der Waals surface area (Å²) in [4.78, 5) is 9.48. The van der Waals surface area contributed by atoms with Gasteiger partial charge in [-0.1, -0.05) is 22.0 Å². The maximum atomic E-state index is 5.13. The van der Waals surface area contributed by atoms with E-state index in [1.54, 1.807) is 0 Å². The van der Waals surface area contributed by atoms with Crippen LogP contribution in [0.2, 0.25) is 0 Å². The Bertz CT molecular complexity index is 390. The van der Waals surface area contributed by atoms with Crippen LogP contribution >= 0.6 is 15.9 Å². The number of hydrogen-bond donors (Lipinski definition) is 1. The highest BCUT2D eigenvalue weighted by Gasteiger charge is 2.07. The molecule has 4 heteroatoms. The highest BCUT2D eigenvalue weighted by atomic mass is 79.9. The van der Waals surface area contributed by atoms with Gasteiger partial charge < -0.3 is 0 Å². The summed E-state index contributed by atoms with van der Waals surface area (Å²) in [5.41, 5.74) is 5.38. The van der Waals surface area contributed by atoms with Crippen LogP contribution < -0.4 is 5.48 Å². The summed E-state index contributed by atoms with van der Waals surface area (Å²) < 4.78 is 1.11. The first-order valence-electron chi connectivity index (χ1n) is 4.92. The summed E-state index contributed by atoms with van der Waals surface area (Å²) in [5.74, 6) is 0.909. The first-order chi connectivity index (χ1) is 7.25. The summed E-state index contributed by atoms with van der Waals surface area (Å²) >= 11 is 3.45. The van der Waals surface area contributed by atoms with Crippen LogP contribution in [-0.4, -0.2) is 19.0 Å². The first-order valence-corrected chi connectivity index (χ1v) is 5.71. The van der Waals surface area contributed by atoms with Crippen LogP contribution in [0.5, 0.6) is 0 Å². The molecule has 0 unspecified atom stereocenters. The molecule has 0 atom stereocenters. The average Bonchev–Trinajstić information content (AvgIpc) is 2.24. The predicted molar refractivity (Wildman–Crippen MR) is 64.0 cm³/mol. The quantitative estimate of drug-likeness (QED) is 0.893. The van der Waals surface area contributed by atoms with E-state index in [0.717, 1.165) is 23.3 Å². The fourth-order valence-electron chi connectivity index (χ4n) is 1.52. The van der Waals surface area contributed by atoms with Crippen LogP contribution in [0.3, 0.4) is 0 Å². The van der Waals surface area contributed by atoms with Gasteiger partial charge >= 0.3 is 0 Å². The molecule has 15 heavy (non-hydrogen) atoms. The van der Waals surface area contributed by atoms with E-state index in [-0.39, 0.29) is 0 Å². The molecule has 1 aliphatic rings. The third-order valence-corrected chi connectivity index (χ3v) is 2.84. The van der Waals surface area contributed by atoms with Crippen LogP contribution in [0.4, 0.5) is 0 Å². The smallest absolute Gasteiger partial charge is 0.125 e. The van der Waals surface area contributed by atoms with Gasteiger partial charge in [-0.15, -0.1) is 0 Å². The second kappa shape index (κ2) is 4.77. The molecule has 80 valence electrons. The lowest BCUT2D eigenvalue weighted by Gasteiger charge is -2.15. The average molecular weight is 269 g/mol. The summed E-state index contributed by atoms with van der Waals surface area (Å²) in [5, 5.41) is 0. The Morgan fingerprint density at radius 1 is 1.53 bits per heavy atom. The van der Waals surface area contributed by atoms with E-state index in [4.69, 9.17) is 4.84 Å². The van der Waals surface area contributed by atoms with Gasteiger partial charge in [0.25, 0.3) is 0 Å². The Balaban J connectivity index is 2.13. The minimum Gasteiger partial charge on any atom is -0.273 e. The Morgan fingerprint density at radius 3 is 3.07 bits per heavy atom. The Morgan fingerprint density at radius 2 is 2.40 bits per heavy atom. The van der Waals surface area contributed by atoms with Gasteiger partial charge in [-0.2, -0.15) is 0 Å². The van der Waals surface area contributed by atoms with Crippen LogP contribution in [0, 0.1) is 6.92 Å². The number of hydrogen-bond acceptors (Lipinski definition) is 3. The number of nitrogens with one attached hydrogen (secondary N) is 1. The summed E-state index contributed by atoms with van der Waals surface area (Å²) in [6, 6.07) is 6.27. The van der Waals surface area contributed by atoms with Gasteiger partial charge in [0, 0.05) is 10.9 Å². The number of benzene rings is 1. The fraction of sp³-hybridized carbons (Fsp3) is 0.364. The first kappa shape index (κ1) is 10.6. The normalized spacial score (nSPS) is 15.7. The number of nitrogens with zero attached hydrogens (tertiary/aromatic N) is 1. The van der Waals surface area contributed by atoms with Gasteiger partial charge in [0.2, 0.25) is 0 Å². The zero-order chi connectivity index (χ0) is 10.7. The van der Waals surface area contributed by atoms with Crippen molar-refractivity contribution in [3.63, 3.8) is 0 Å². The molecule has 0 spiro atoms. The molecule has 0 radical (unpaired) electrons. The number of aliphatic imine (C=N–C) groups is 1. The molecule has 0 amide bonds. The van der Waals surface area contributed by atoms with Crippen LogP contribution in [0.25, 0.3) is 0 Å². The molecule has 1 heterocycles. The van der Waals surface area contributed by atoms with Crippen LogP contribution in [-0.2, 0) is 11.3 Å². The Hall–Kier alpha value is -0.870. The van der Waals surface area contributed by atoms with Crippen molar-refractivity contribution in [2.45, 2.75) is 13.3 Å². The molecular formula is C11H13BrN2O. The van der Waals surface area contributed by atoms with Crippen molar-refractivity contribution < 1.29 is 4.84 Å². The zero-order valence-electron chi connectivity index (χ0n) is 8.59. The maximum Gasteiger partial charge on any atom is 0.125 e. The second-order valence-corrected chi connectivity index (χ2v) is 4.44. The van der Waals surface area contributed by atoms with Crippen molar-refractivity contribution in [2.75, 3.05) is 13.2 Å². The van der Waals surface area contributed by atoms with Crippen molar-refractivity contribution in [2.24, 2.45) is 4.99 Å². The van der Waals surface area contributed by atoms with E-state index in [1.807, 2.05) is 6.07 Å². The lowest BCUT2D eigenvalue weighted by molar-refractivity contribution is 0.0807. The van der Waals surface area contributed by atoms with Crippen molar-refractivity contribution in [3.05, 3.63) is 33.8 Å². The maximum absolute atomic E-state index is 5.13. The molecule has 3 nitrogen and oxygen atoms in total. The standard InChI is InChI=1S/C11H13BrN2O/c1-8-6-10(12)3-2-9(8)7-11-13-4-5-15-14-11/h2-3,6H,4-5,7H2,1H3,(H,13,14). The molecule has 0 saturated carbocycles. The second-order valence-electron chi connectivity index (χ2n) is 3.53. The largest absolute Gasteiger partial charge is 0.273 e. The van der Waals surface area contributed by atoms with Crippen molar-refractivity contribution >= 4 is 21.8 Å². The molecule has 2 rings (SSSR count). The third kappa shape index (κ3) is 2.79. The molecule has 1 aromatic carbocycles. The molecule has 0 aromatic heterocycles. The van der Waals surface area contributed by atoms with Crippen molar-refractivity contribution in [1.29, 1.82) is 0 Å². The minimum absolute atomic E-state index is 0.656. The lowest BCUT2D eigenvalue weighted by atomic mass is 10.1. The number of aryl methyl sites for hydroxylation is 1. The molecule has 1 aromatic rings. The number of halogens is 1. The van der Waals surface area contributed by atoms with E-state index >= 15 is 0 Å². The highest BCUT2D eigenvalue weighted by molar-refractivity contribution is 9.10. The topological polar surface area (TPSA) is 33.6 Å². The molecule has 1 N–H and O–H groups in total. The Kier molecular flexibility index (Phi) is 3.38. The van der Waals surface area contributed by atoms with E-state index < -0.39 is 0 Å². The zero-order valence-corrected chi connectivity index (χ0v) is 10.2. The summed E-state index contributed by atoms with van der Waals surface area (Å²) in [6.45, 7) is 3.51. The van der Waals surface area contributed by atoms with Gasteiger partial charge in [0.15, 0.2) is 0 Å². The molecule has 0 aliphatic carbocycles. The van der Waals surface area contributed by atoms with Crippen LogP contribution in [0.1, 0.15) is 11.1 Å². The predicted octanol–water partition coefficient (Wildman–Crippen LogP) is 2.23. The van der Waals surface area contributed by atoms with Crippen LogP contribution in [0.15, 0.2) is 27.7 Å². The molecular weight excluding hydrogens is 256 g/mol. The van der Waals surface area contributed by atoms with Gasteiger partial charge in [0.05, 0.1) is 13.2 Å². The highest BCUT2D eigenvalue weighted by Crippen LogP contribution is 2.16. The van der Waals surface area contributed by atoms with Crippen molar-refractivity contribution in [3.8, 4) is 0 Å². The van der Waals surface area contributed by atoms with Gasteiger partial charge in [-0.25, -0.2) is 0 Å². The van der Waals surface area contributed by atoms with E-state index in [0.29, 0.717) is 6.61 Å². The molecule has 1 aliphatic heterocycles. The van der Waals surface area contributed by atoms with Gasteiger partial charge in [0.1, 0.15) is 5.84 Å². The summed E-state index contributed by atoms with van der Waals surface area (Å²) in [7, 11) is 0. The summed E-state index contributed by atoms with van der Waals surface area (Å²) in [6.07, 6.45) is 0.805. The molecule has 0 saturated heterocycles. The Labute approximate surface area is 97.6 Å². The number of hydroxylamine groups is 1. The third-order valence-electron chi connectivity index (χ3n) is 2.35. The van der Waals surface area contributed by atoms with E-state index in [1.165, 1.54) is 11.1 Å². The van der Waals surface area contributed by atoms with E-state index in [9.17, 15) is 0 Å². The minimum atomic E-state index is 0.656.